The van der Waals surface area contributed by atoms with Crippen LogP contribution >= 0.6 is 22.7 Å². The number of hydrogen-bond acceptors (Lipinski definition) is 5. The quantitative estimate of drug-likeness (QED) is 0.408. The number of fused-ring (bicyclic) bond motifs is 3. The van der Waals surface area contributed by atoms with E-state index in [9.17, 15) is 9.59 Å². The predicted molar refractivity (Wildman–Crippen MR) is 103 cm³/mol. The van der Waals surface area contributed by atoms with Crippen LogP contribution in [-0.2, 0) is 16.1 Å². The topological polar surface area (TPSA) is 43.4 Å². The predicted octanol–water partition coefficient (Wildman–Crippen LogP) is 3.98. The molecule has 3 aliphatic heterocycles. The van der Waals surface area contributed by atoms with Crippen LogP contribution in [0.5, 0.6) is 0 Å². The lowest BCUT2D eigenvalue weighted by Crippen LogP contribution is -2.63. The first-order chi connectivity index (χ1) is 12.6. The molecule has 3 fully saturated rings. The van der Waals surface area contributed by atoms with E-state index in [1.54, 1.807) is 11.3 Å². The summed E-state index contributed by atoms with van der Waals surface area (Å²) in [6, 6.07) is 7.82. The number of carbonyl (C=O) groups excluding carboxylic acids is 2. The van der Waals surface area contributed by atoms with E-state index in [-0.39, 0.29) is 11.8 Å². The molecule has 5 rings (SSSR count). The lowest BCUT2D eigenvalue weighted by Gasteiger charge is -2.52. The van der Waals surface area contributed by atoms with Crippen molar-refractivity contribution in [3.05, 3.63) is 44.8 Å². The van der Waals surface area contributed by atoms with Crippen LogP contribution in [0.2, 0.25) is 0 Å². The highest BCUT2D eigenvalue weighted by Gasteiger charge is 2.47. The number of esters is 1. The van der Waals surface area contributed by atoms with Crippen LogP contribution < -0.4 is 0 Å². The number of hydrogen-bond donors (Lipinski definition) is 0. The molecule has 26 heavy (non-hydrogen) atoms. The molecule has 6 heteroatoms. The van der Waals surface area contributed by atoms with Gasteiger partial charge >= 0.3 is 5.97 Å². The minimum atomic E-state index is -0.0973. The minimum Gasteiger partial charge on any atom is -0.460 e. The molecule has 0 saturated carbocycles. The molecular formula is C20H24NO3S2+. The Kier molecular flexibility index (Phi) is 5.25. The zero-order valence-electron chi connectivity index (χ0n) is 14.8. The highest BCUT2D eigenvalue weighted by Crippen LogP contribution is 2.39. The van der Waals surface area contributed by atoms with Crippen LogP contribution in [0.1, 0.15) is 33.8 Å². The van der Waals surface area contributed by atoms with Crippen molar-refractivity contribution in [2.75, 3.05) is 26.2 Å². The molecule has 3 saturated heterocycles. The Bertz CT molecular complexity index is 746. The highest BCUT2D eigenvalue weighted by atomic mass is 32.1. The molecule has 5 heterocycles. The van der Waals surface area contributed by atoms with Gasteiger partial charge in [0.1, 0.15) is 13.2 Å². The first kappa shape index (κ1) is 17.9. The van der Waals surface area contributed by atoms with Crippen molar-refractivity contribution in [3.63, 3.8) is 0 Å². The number of carbonyl (C=O) groups is 2. The smallest absolute Gasteiger partial charge is 0.306 e. The molecule has 0 unspecified atom stereocenters. The maximum absolute atomic E-state index is 12.6. The summed E-state index contributed by atoms with van der Waals surface area (Å²) in [5, 5.41) is 3.96. The normalized spacial score (nSPS) is 27.4. The van der Waals surface area contributed by atoms with Crippen molar-refractivity contribution in [1.29, 1.82) is 0 Å². The first-order valence-corrected chi connectivity index (χ1v) is 11.0. The molecule has 2 aromatic rings. The zero-order valence-corrected chi connectivity index (χ0v) is 16.4. The van der Waals surface area contributed by atoms with Gasteiger partial charge in [-0.2, -0.15) is 0 Å². The summed E-state index contributed by atoms with van der Waals surface area (Å²) in [7, 11) is 0. The van der Waals surface area contributed by atoms with Crippen LogP contribution in [0.25, 0.3) is 0 Å². The van der Waals surface area contributed by atoms with Crippen LogP contribution in [0.15, 0.2) is 35.0 Å². The van der Waals surface area contributed by atoms with E-state index in [2.05, 4.69) is 0 Å². The van der Waals surface area contributed by atoms with Crippen molar-refractivity contribution >= 4 is 34.4 Å². The van der Waals surface area contributed by atoms with Gasteiger partial charge in [-0.05, 0) is 28.8 Å². The third-order valence-corrected chi connectivity index (χ3v) is 7.66. The second-order valence-corrected chi connectivity index (χ2v) is 9.55. The molecule has 138 valence electrons. The molecule has 2 aromatic heterocycles. The molecule has 0 amide bonds. The molecular weight excluding hydrogens is 366 g/mol. The van der Waals surface area contributed by atoms with Gasteiger partial charge in [0.15, 0.2) is 0 Å². The van der Waals surface area contributed by atoms with Gasteiger partial charge in [0.2, 0.25) is 5.78 Å². The van der Waals surface area contributed by atoms with Crippen LogP contribution in [0, 0.1) is 11.8 Å². The van der Waals surface area contributed by atoms with Crippen molar-refractivity contribution in [3.8, 4) is 0 Å². The zero-order chi connectivity index (χ0) is 18.0. The lowest BCUT2D eigenvalue weighted by atomic mass is 9.75. The molecule has 2 bridgehead atoms. The number of ketones is 1. The lowest BCUT2D eigenvalue weighted by molar-refractivity contribution is -0.939. The van der Waals surface area contributed by atoms with E-state index < -0.39 is 0 Å². The van der Waals surface area contributed by atoms with E-state index in [4.69, 9.17) is 4.74 Å². The minimum absolute atomic E-state index is 0.0973. The average Bonchev–Trinajstić information content (AvgIpc) is 3.34. The summed E-state index contributed by atoms with van der Waals surface area (Å²) in [5.41, 5.74) is 0. The number of Topliss-reactive ketones (excluding diaryl/α,β-unsaturated/α-hetero) is 1. The van der Waals surface area contributed by atoms with Gasteiger partial charge in [-0.15, -0.1) is 22.7 Å². The molecule has 0 radical (unpaired) electrons. The number of thiophene rings is 2. The Morgan fingerprint density at radius 2 is 1.88 bits per heavy atom. The van der Waals surface area contributed by atoms with E-state index in [0.29, 0.717) is 31.4 Å². The average molecular weight is 391 g/mol. The van der Waals surface area contributed by atoms with Crippen molar-refractivity contribution in [2.24, 2.45) is 11.8 Å². The summed E-state index contributed by atoms with van der Waals surface area (Å²) in [4.78, 5) is 26.9. The van der Waals surface area contributed by atoms with Gasteiger partial charge in [0, 0.05) is 23.6 Å². The molecule has 4 nitrogen and oxygen atoms in total. The SMILES string of the molecule is O=C(C[C@H]1C[N+]2(CC(=O)c3cccs3)CCC1CC2)OCc1cccs1. The number of nitrogens with zero attached hydrogens (tertiary/aromatic N) is 1. The van der Waals surface area contributed by atoms with Gasteiger partial charge in [0.25, 0.3) is 0 Å². The van der Waals surface area contributed by atoms with E-state index in [1.165, 1.54) is 11.3 Å². The maximum Gasteiger partial charge on any atom is 0.306 e. The molecule has 0 N–H and O–H groups in total. The Labute approximate surface area is 162 Å². The van der Waals surface area contributed by atoms with E-state index in [1.807, 2.05) is 35.0 Å². The van der Waals surface area contributed by atoms with Crippen molar-refractivity contribution in [1.82, 2.24) is 0 Å². The largest absolute Gasteiger partial charge is 0.460 e. The number of ether oxygens (including phenoxy) is 1. The van der Waals surface area contributed by atoms with Gasteiger partial charge in [-0.3, -0.25) is 9.59 Å². The van der Waals surface area contributed by atoms with Crippen LogP contribution in [-0.4, -0.2) is 42.4 Å². The third kappa shape index (κ3) is 3.92. The second kappa shape index (κ2) is 7.62. The summed E-state index contributed by atoms with van der Waals surface area (Å²) in [6.45, 7) is 4.04. The fourth-order valence-electron chi connectivity index (χ4n) is 4.53. The summed E-state index contributed by atoms with van der Waals surface area (Å²) >= 11 is 3.14. The fourth-order valence-corrected chi connectivity index (χ4v) is 5.80. The third-order valence-electron chi connectivity index (χ3n) is 5.90. The Morgan fingerprint density at radius 1 is 1.12 bits per heavy atom. The molecule has 1 atom stereocenters. The number of rotatable bonds is 7. The van der Waals surface area contributed by atoms with E-state index >= 15 is 0 Å². The van der Waals surface area contributed by atoms with Gasteiger partial charge < -0.3 is 9.22 Å². The molecule has 0 spiro atoms. The summed E-state index contributed by atoms with van der Waals surface area (Å²) in [5.74, 6) is 1.12. The summed E-state index contributed by atoms with van der Waals surface area (Å²) < 4.78 is 6.33. The number of quaternary nitrogens is 1. The Morgan fingerprint density at radius 3 is 2.58 bits per heavy atom. The second-order valence-electron chi connectivity index (χ2n) is 7.57. The summed E-state index contributed by atoms with van der Waals surface area (Å²) in [6.07, 6.45) is 2.74. The van der Waals surface area contributed by atoms with Crippen molar-refractivity contribution in [2.45, 2.75) is 25.9 Å². The Hall–Kier alpha value is -1.50. The van der Waals surface area contributed by atoms with Gasteiger partial charge in [-0.25, -0.2) is 0 Å². The maximum atomic E-state index is 12.6. The van der Waals surface area contributed by atoms with E-state index in [0.717, 1.165) is 46.7 Å². The highest BCUT2D eigenvalue weighted by molar-refractivity contribution is 7.12. The molecule has 3 aliphatic rings. The van der Waals surface area contributed by atoms with Crippen molar-refractivity contribution < 1.29 is 18.8 Å². The monoisotopic (exact) mass is 390 g/mol. The molecule has 0 aromatic carbocycles. The molecule has 0 aliphatic carbocycles. The van der Waals surface area contributed by atoms with Crippen LogP contribution in [0.3, 0.4) is 0 Å². The first-order valence-electron chi connectivity index (χ1n) is 9.23. The van der Waals surface area contributed by atoms with Crippen LogP contribution in [0.4, 0.5) is 0 Å². The van der Waals surface area contributed by atoms with Gasteiger partial charge in [-0.1, -0.05) is 12.1 Å². The Balaban J connectivity index is 1.34. The fraction of sp³-hybridized carbons (Fsp3) is 0.500. The van der Waals surface area contributed by atoms with Gasteiger partial charge in [0.05, 0.1) is 30.9 Å². The number of piperidine rings is 3. The standard InChI is InChI=1S/C20H24NO3S2/c22-18(19-4-2-10-26-19)13-21-7-5-15(6-8-21)16(12-21)11-20(23)24-14-17-3-1-9-25-17/h1-4,9-10,15-16H,5-8,11-14H2/q+1/t15?,16-,21?/m0/s1.